The molecule has 0 aliphatic rings. The second-order valence-electron chi connectivity index (χ2n) is 4.42. The van der Waals surface area contributed by atoms with Crippen LogP contribution in [0.5, 0.6) is 0 Å². The van der Waals surface area contributed by atoms with Gasteiger partial charge >= 0.3 is 5.97 Å². The Morgan fingerprint density at radius 2 is 1.75 bits per heavy atom. The van der Waals surface area contributed by atoms with Gasteiger partial charge in [0.05, 0.1) is 5.56 Å². The van der Waals surface area contributed by atoms with Crippen molar-refractivity contribution in [2.45, 2.75) is 13.0 Å². The topological polar surface area (TPSA) is 49.3 Å². The van der Waals surface area contributed by atoms with Crippen molar-refractivity contribution in [2.75, 3.05) is 5.32 Å². The molecule has 1 atom stereocenters. The minimum Gasteiger partial charge on any atom is -0.478 e. The van der Waals surface area contributed by atoms with Crippen LogP contribution in [0.15, 0.2) is 42.5 Å². The summed E-state index contributed by atoms with van der Waals surface area (Å²) in [4.78, 5) is 11.1. The summed E-state index contributed by atoms with van der Waals surface area (Å²) in [7, 11) is 0. The number of carboxylic acids is 1. The Morgan fingerprint density at radius 3 is 2.35 bits per heavy atom. The van der Waals surface area contributed by atoms with E-state index in [0.29, 0.717) is 11.3 Å². The van der Waals surface area contributed by atoms with Gasteiger partial charge in [-0.3, -0.25) is 0 Å². The number of aromatic carboxylic acids is 1. The number of para-hydroxylation sites is 1. The largest absolute Gasteiger partial charge is 0.478 e. The Hall–Kier alpha value is -2.43. The first kappa shape index (κ1) is 14.0. The third-order valence-corrected chi connectivity index (χ3v) is 2.91. The van der Waals surface area contributed by atoms with Gasteiger partial charge in [0, 0.05) is 17.8 Å². The SMILES string of the molecule is CC(Nc1ccccc1C(=O)O)c1cc(F)cc(F)c1. The van der Waals surface area contributed by atoms with Crippen LogP contribution in [0, 0.1) is 11.6 Å². The van der Waals surface area contributed by atoms with Crippen LogP contribution in [0.2, 0.25) is 0 Å². The van der Waals surface area contributed by atoms with Crippen molar-refractivity contribution in [3.05, 3.63) is 65.2 Å². The molecule has 5 heteroatoms. The fourth-order valence-electron chi connectivity index (χ4n) is 1.94. The summed E-state index contributed by atoms with van der Waals surface area (Å²) in [5.74, 6) is -2.40. The molecule has 2 aromatic carbocycles. The molecule has 2 aromatic rings. The zero-order valence-corrected chi connectivity index (χ0v) is 10.7. The van der Waals surface area contributed by atoms with E-state index in [1.165, 1.54) is 18.2 Å². The van der Waals surface area contributed by atoms with Gasteiger partial charge in [0.2, 0.25) is 0 Å². The second-order valence-corrected chi connectivity index (χ2v) is 4.42. The van der Waals surface area contributed by atoms with Gasteiger partial charge in [-0.15, -0.1) is 0 Å². The third-order valence-electron chi connectivity index (χ3n) is 2.91. The molecule has 0 saturated carbocycles. The number of rotatable bonds is 4. The predicted octanol–water partition coefficient (Wildman–Crippen LogP) is 3.84. The van der Waals surface area contributed by atoms with Crippen LogP contribution in [0.25, 0.3) is 0 Å². The standard InChI is InChI=1S/C15H13F2NO2/c1-9(10-6-11(16)8-12(17)7-10)18-14-5-3-2-4-13(14)15(19)20/h2-9,18H,1H3,(H,19,20). The maximum atomic E-state index is 13.2. The van der Waals surface area contributed by atoms with Crippen LogP contribution in [-0.4, -0.2) is 11.1 Å². The number of anilines is 1. The fraction of sp³-hybridized carbons (Fsp3) is 0.133. The fourth-order valence-corrected chi connectivity index (χ4v) is 1.94. The molecule has 1 unspecified atom stereocenters. The average molecular weight is 277 g/mol. The summed E-state index contributed by atoms with van der Waals surface area (Å²) < 4.78 is 26.3. The van der Waals surface area contributed by atoms with E-state index >= 15 is 0 Å². The Labute approximate surface area is 114 Å². The Morgan fingerprint density at radius 1 is 1.15 bits per heavy atom. The third kappa shape index (κ3) is 3.12. The quantitative estimate of drug-likeness (QED) is 0.892. The molecule has 2 N–H and O–H groups in total. The summed E-state index contributed by atoms with van der Waals surface area (Å²) in [6.07, 6.45) is 0. The summed E-state index contributed by atoms with van der Waals surface area (Å²) in [5, 5.41) is 12.0. The van der Waals surface area contributed by atoms with Gasteiger partial charge in [0.25, 0.3) is 0 Å². The number of benzene rings is 2. The van der Waals surface area contributed by atoms with E-state index in [2.05, 4.69) is 5.32 Å². The van der Waals surface area contributed by atoms with E-state index in [1.807, 2.05) is 0 Å². The van der Waals surface area contributed by atoms with Gasteiger partial charge in [0.1, 0.15) is 11.6 Å². The van der Waals surface area contributed by atoms with Crippen molar-refractivity contribution in [3.63, 3.8) is 0 Å². The van der Waals surface area contributed by atoms with Crippen LogP contribution in [0.3, 0.4) is 0 Å². The minimum absolute atomic E-state index is 0.108. The highest BCUT2D eigenvalue weighted by molar-refractivity contribution is 5.94. The van der Waals surface area contributed by atoms with E-state index in [0.717, 1.165) is 6.07 Å². The van der Waals surface area contributed by atoms with Gasteiger partial charge in [-0.1, -0.05) is 12.1 Å². The number of hydrogen-bond acceptors (Lipinski definition) is 2. The zero-order chi connectivity index (χ0) is 14.7. The number of nitrogens with one attached hydrogen (secondary N) is 1. The molecule has 0 aliphatic carbocycles. The first-order valence-corrected chi connectivity index (χ1v) is 6.02. The van der Waals surface area contributed by atoms with Crippen LogP contribution in [0.1, 0.15) is 28.9 Å². The Balaban J connectivity index is 2.28. The lowest BCUT2D eigenvalue weighted by atomic mass is 10.1. The summed E-state index contributed by atoms with van der Waals surface area (Å²) in [5.41, 5.74) is 0.913. The van der Waals surface area contributed by atoms with E-state index in [4.69, 9.17) is 5.11 Å². The van der Waals surface area contributed by atoms with Gasteiger partial charge in [-0.2, -0.15) is 0 Å². The molecule has 0 bridgehead atoms. The molecule has 0 heterocycles. The minimum atomic E-state index is -1.06. The van der Waals surface area contributed by atoms with Crippen molar-refractivity contribution in [3.8, 4) is 0 Å². The highest BCUT2D eigenvalue weighted by atomic mass is 19.1. The van der Waals surface area contributed by atoms with Gasteiger partial charge < -0.3 is 10.4 Å². The molecule has 104 valence electrons. The number of carbonyl (C=O) groups is 1. The zero-order valence-electron chi connectivity index (χ0n) is 10.7. The molecule has 20 heavy (non-hydrogen) atoms. The smallest absolute Gasteiger partial charge is 0.337 e. The highest BCUT2D eigenvalue weighted by Gasteiger charge is 2.13. The highest BCUT2D eigenvalue weighted by Crippen LogP contribution is 2.23. The van der Waals surface area contributed by atoms with Crippen molar-refractivity contribution < 1.29 is 18.7 Å². The molecule has 0 spiro atoms. The van der Waals surface area contributed by atoms with Crippen molar-refractivity contribution in [1.29, 1.82) is 0 Å². The lowest BCUT2D eigenvalue weighted by Crippen LogP contribution is -2.11. The second kappa shape index (κ2) is 5.69. The van der Waals surface area contributed by atoms with Gasteiger partial charge in [-0.25, -0.2) is 13.6 Å². The maximum absolute atomic E-state index is 13.2. The lowest BCUT2D eigenvalue weighted by Gasteiger charge is -2.17. The molecule has 0 aliphatic heterocycles. The van der Waals surface area contributed by atoms with Crippen LogP contribution in [0.4, 0.5) is 14.5 Å². The molecule has 0 saturated heterocycles. The van der Waals surface area contributed by atoms with Crippen LogP contribution in [-0.2, 0) is 0 Å². The average Bonchev–Trinajstić information content (AvgIpc) is 2.37. The summed E-state index contributed by atoms with van der Waals surface area (Å²) in [6, 6.07) is 9.16. The molecular weight excluding hydrogens is 264 g/mol. The Kier molecular flexibility index (Phi) is 3.98. The van der Waals surface area contributed by atoms with Crippen molar-refractivity contribution in [2.24, 2.45) is 0 Å². The van der Waals surface area contributed by atoms with E-state index in [9.17, 15) is 13.6 Å². The molecule has 3 nitrogen and oxygen atoms in total. The molecular formula is C15H13F2NO2. The number of halogens is 2. The number of hydrogen-bond donors (Lipinski definition) is 2. The summed E-state index contributed by atoms with van der Waals surface area (Å²) >= 11 is 0. The van der Waals surface area contributed by atoms with Crippen LogP contribution < -0.4 is 5.32 Å². The van der Waals surface area contributed by atoms with Gasteiger partial charge in [-0.05, 0) is 36.8 Å². The Bertz CT molecular complexity index is 623. The van der Waals surface area contributed by atoms with Crippen LogP contribution >= 0.6 is 0 Å². The first-order chi connectivity index (χ1) is 9.47. The lowest BCUT2D eigenvalue weighted by molar-refractivity contribution is 0.0698. The molecule has 0 amide bonds. The molecule has 0 fully saturated rings. The van der Waals surface area contributed by atoms with E-state index < -0.39 is 23.6 Å². The van der Waals surface area contributed by atoms with Crippen molar-refractivity contribution in [1.82, 2.24) is 0 Å². The van der Waals surface area contributed by atoms with E-state index in [1.54, 1.807) is 25.1 Å². The number of carboxylic acid groups (broad SMARTS) is 1. The van der Waals surface area contributed by atoms with Gasteiger partial charge in [0.15, 0.2) is 0 Å². The monoisotopic (exact) mass is 277 g/mol. The predicted molar refractivity (Wildman–Crippen MR) is 71.8 cm³/mol. The molecule has 0 radical (unpaired) electrons. The normalized spacial score (nSPS) is 11.9. The maximum Gasteiger partial charge on any atom is 0.337 e. The first-order valence-electron chi connectivity index (χ1n) is 6.02. The van der Waals surface area contributed by atoms with Crippen molar-refractivity contribution >= 4 is 11.7 Å². The molecule has 0 aromatic heterocycles. The molecule has 2 rings (SSSR count). The summed E-state index contributed by atoms with van der Waals surface area (Å²) in [6.45, 7) is 1.70. The van der Waals surface area contributed by atoms with E-state index in [-0.39, 0.29) is 5.56 Å².